The summed E-state index contributed by atoms with van der Waals surface area (Å²) in [6, 6.07) is 0. The van der Waals surface area contributed by atoms with Gasteiger partial charge in [-0.15, -0.1) is 0 Å². The minimum Gasteiger partial charge on any atom is -0.777 e. The molecule has 0 fully saturated rings. The quantitative estimate of drug-likeness (QED) is 0.0788. The summed E-state index contributed by atoms with van der Waals surface area (Å²) in [4.78, 5) is 24.6. The number of nitrogen functional groups attached to an aromatic ring is 2. The fourth-order valence-corrected chi connectivity index (χ4v) is 5.82. The smallest absolute Gasteiger partial charge is 0.777 e. The Labute approximate surface area is 286 Å². The van der Waals surface area contributed by atoms with Gasteiger partial charge in [-0.3, -0.25) is 0 Å². The summed E-state index contributed by atoms with van der Waals surface area (Å²) in [5, 5.41) is 0. The molecule has 0 saturated carbocycles. The molecule has 0 amide bonds. The second-order valence-corrected chi connectivity index (χ2v) is 13.0. The van der Waals surface area contributed by atoms with E-state index in [1.54, 1.807) is 4.57 Å². The molecule has 0 aliphatic rings. The fraction of sp³-hybridized carbons (Fsp3) is 0.833. The second kappa shape index (κ2) is 25.3. The van der Waals surface area contributed by atoms with Crippen LogP contribution in [0.1, 0.15) is 110 Å². The summed E-state index contributed by atoms with van der Waals surface area (Å²) in [5.41, 5.74) is 12.4. The van der Waals surface area contributed by atoms with Crippen molar-refractivity contribution in [2.24, 2.45) is 0 Å². The van der Waals surface area contributed by atoms with Crippen molar-refractivity contribution in [3.8, 4) is 0 Å². The first-order valence-electron chi connectivity index (χ1n) is 16.2. The Balaban J connectivity index is 0.00000968. The van der Waals surface area contributed by atoms with E-state index in [9.17, 15) is 9.46 Å². The minimum absolute atomic E-state index is 0. The van der Waals surface area contributed by atoms with Crippen molar-refractivity contribution in [1.82, 2.24) is 19.5 Å². The van der Waals surface area contributed by atoms with Gasteiger partial charge in [-0.25, -0.2) is 4.98 Å². The van der Waals surface area contributed by atoms with Crippen molar-refractivity contribution in [3.05, 3.63) is 6.33 Å². The van der Waals surface area contributed by atoms with Crippen LogP contribution in [0, 0.1) is 0 Å². The number of anilines is 2. The maximum atomic E-state index is 12.3. The summed E-state index contributed by atoms with van der Waals surface area (Å²) < 4.78 is 35.4. The number of imidazole rings is 1. The molecule has 0 aromatic carbocycles. The van der Waals surface area contributed by atoms with Gasteiger partial charge in [0.15, 0.2) is 19.1 Å². The number of nitrogens with two attached hydrogens (primary N) is 2. The maximum absolute atomic E-state index is 12.3. The molecule has 0 radical (unpaired) electrons. The Hall–Kier alpha value is -0.820. The Kier molecular flexibility index (Phi) is 23.7. The Morgan fingerprint density at radius 3 is 2.00 bits per heavy atom. The predicted molar refractivity (Wildman–Crippen MR) is 170 cm³/mol. The van der Waals surface area contributed by atoms with Crippen LogP contribution in [-0.2, 0) is 29.8 Å². The first kappa shape index (κ1) is 41.2. The topological polar surface area (TPSA) is 173 Å². The third kappa shape index (κ3) is 18.4. The zero-order valence-electron chi connectivity index (χ0n) is 27.6. The van der Waals surface area contributed by atoms with Gasteiger partial charge in [-0.2, -0.15) is 9.97 Å². The van der Waals surface area contributed by atoms with Crippen LogP contribution in [0.3, 0.4) is 0 Å². The average Bonchev–Trinajstić information content (AvgIpc) is 3.37. The Morgan fingerprint density at radius 1 is 0.864 bits per heavy atom. The van der Waals surface area contributed by atoms with Crippen LogP contribution < -0.4 is 45.9 Å². The molecule has 0 bridgehead atoms. The van der Waals surface area contributed by atoms with Gasteiger partial charge in [-0.1, -0.05) is 103 Å². The molecule has 12 nitrogen and oxygen atoms in total. The third-order valence-corrected chi connectivity index (χ3v) is 8.43. The number of nitrogens with zero attached hydrogens (tertiary/aromatic N) is 4. The van der Waals surface area contributed by atoms with Crippen molar-refractivity contribution >= 4 is 30.5 Å². The van der Waals surface area contributed by atoms with Crippen LogP contribution in [0.15, 0.2) is 6.33 Å². The fourth-order valence-electron chi connectivity index (χ4n) is 5.00. The summed E-state index contributed by atoms with van der Waals surface area (Å²) in [5.74, 6) is 0.186. The zero-order chi connectivity index (χ0) is 31.2. The molecule has 4 N–H and O–H groups in total. The second-order valence-electron chi connectivity index (χ2n) is 11.3. The van der Waals surface area contributed by atoms with Crippen LogP contribution in [0.25, 0.3) is 11.2 Å². The van der Waals surface area contributed by atoms with E-state index in [2.05, 4.69) is 21.9 Å². The van der Waals surface area contributed by atoms with Crippen molar-refractivity contribution in [2.45, 2.75) is 122 Å². The summed E-state index contributed by atoms with van der Waals surface area (Å²) in [6.45, 7) is 3.43. The van der Waals surface area contributed by atoms with Gasteiger partial charge in [0.1, 0.15) is 11.9 Å². The SMILES string of the molecule is CCCCCCCCCCCCCCCCCCOCCOP(=O)([O-])CO[C@H](COC)Cn1cnc2c(N)nc(N)nc21.[Na+]. The number of hydrogen-bond donors (Lipinski definition) is 2. The number of hydrogen-bond acceptors (Lipinski definition) is 11. The van der Waals surface area contributed by atoms with E-state index in [0.717, 1.165) is 12.8 Å². The van der Waals surface area contributed by atoms with E-state index in [-0.39, 0.29) is 67.7 Å². The molecule has 2 heterocycles. The van der Waals surface area contributed by atoms with Crippen molar-refractivity contribution in [1.29, 1.82) is 0 Å². The van der Waals surface area contributed by atoms with E-state index >= 15 is 0 Å². The van der Waals surface area contributed by atoms with E-state index in [0.29, 0.717) is 17.8 Å². The molecule has 2 atom stereocenters. The molecule has 2 aromatic rings. The van der Waals surface area contributed by atoms with Crippen LogP contribution in [-0.4, -0.2) is 65.5 Å². The molecule has 1 unspecified atom stereocenters. The monoisotopic (exact) mass is 650 g/mol. The van der Waals surface area contributed by atoms with Gasteiger partial charge in [0, 0.05) is 13.7 Å². The summed E-state index contributed by atoms with van der Waals surface area (Å²) in [7, 11) is -2.71. The maximum Gasteiger partial charge on any atom is 1.00 e. The number of rotatable bonds is 28. The molecule has 0 aliphatic heterocycles. The molecule has 14 heteroatoms. The summed E-state index contributed by atoms with van der Waals surface area (Å²) in [6.07, 6.45) is 21.5. The first-order valence-corrected chi connectivity index (χ1v) is 18.0. The van der Waals surface area contributed by atoms with Crippen molar-refractivity contribution < 1.29 is 57.8 Å². The number of ether oxygens (including phenoxy) is 3. The molecule has 0 aliphatic carbocycles. The Bertz CT molecular complexity index is 1050. The molecular formula is C30H56N6NaO6P. The van der Waals surface area contributed by atoms with Gasteiger partial charge < -0.3 is 44.2 Å². The standard InChI is InChI=1S/C30H57N6O6P.Na/c1-3-4-5-6-7-8-9-10-11-12-13-14-15-16-17-18-19-40-20-21-42-43(37,38)25-41-26(23-39-2)22-36-24-33-27-28(31)34-30(32)35-29(27)36;/h24,26H,3-23,25H2,1-2H3,(H,37,38)(H4,31,32,34,35);/q;+1/p-1/t26-;/m0./s1. The van der Waals surface area contributed by atoms with Gasteiger partial charge in [0.05, 0.1) is 38.8 Å². The third-order valence-electron chi connectivity index (χ3n) is 7.39. The van der Waals surface area contributed by atoms with Crippen LogP contribution in [0.5, 0.6) is 0 Å². The molecule has 0 saturated heterocycles. The molecule has 44 heavy (non-hydrogen) atoms. The molecule has 248 valence electrons. The van der Waals surface area contributed by atoms with Gasteiger partial charge >= 0.3 is 29.6 Å². The minimum atomic E-state index is -4.22. The van der Waals surface area contributed by atoms with Gasteiger partial charge in [0.2, 0.25) is 5.95 Å². The number of unbranched alkanes of at least 4 members (excludes halogenated alkanes) is 15. The largest absolute Gasteiger partial charge is 1.00 e. The molecule has 0 spiro atoms. The van der Waals surface area contributed by atoms with Crippen LogP contribution in [0.2, 0.25) is 0 Å². The molecular weight excluding hydrogens is 594 g/mol. The first-order chi connectivity index (χ1) is 20.9. The van der Waals surface area contributed by atoms with Crippen LogP contribution in [0.4, 0.5) is 11.8 Å². The Morgan fingerprint density at radius 2 is 1.43 bits per heavy atom. The number of aromatic nitrogens is 4. The van der Waals surface area contributed by atoms with Crippen molar-refractivity contribution in [3.63, 3.8) is 0 Å². The van der Waals surface area contributed by atoms with Gasteiger partial charge in [-0.05, 0) is 6.42 Å². The van der Waals surface area contributed by atoms with Crippen molar-refractivity contribution in [2.75, 3.05) is 51.4 Å². The van der Waals surface area contributed by atoms with E-state index < -0.39 is 20.0 Å². The van der Waals surface area contributed by atoms with E-state index in [1.807, 2.05) is 0 Å². The molecule has 2 rings (SSSR count). The average molecular weight is 651 g/mol. The van der Waals surface area contributed by atoms with E-state index in [4.69, 9.17) is 30.2 Å². The van der Waals surface area contributed by atoms with Gasteiger partial charge in [0.25, 0.3) is 0 Å². The molecule has 2 aromatic heterocycles. The predicted octanol–water partition coefficient (Wildman–Crippen LogP) is 2.83. The number of fused-ring (bicyclic) bond motifs is 1. The number of methoxy groups -OCH3 is 1. The van der Waals surface area contributed by atoms with E-state index in [1.165, 1.54) is 103 Å². The zero-order valence-corrected chi connectivity index (χ0v) is 30.4. The normalized spacial score (nSPS) is 13.6. The van der Waals surface area contributed by atoms with Crippen LogP contribution >= 0.6 is 7.60 Å². The summed E-state index contributed by atoms with van der Waals surface area (Å²) >= 11 is 0.